The van der Waals surface area contributed by atoms with E-state index >= 15 is 0 Å². The molecule has 0 heterocycles. The molecule has 0 radical (unpaired) electrons. The van der Waals surface area contributed by atoms with Crippen molar-refractivity contribution >= 4 is 5.69 Å². The Morgan fingerprint density at radius 1 is 1.05 bits per heavy atom. The molecular weight excluding hydrogens is 238 g/mol. The Morgan fingerprint density at radius 2 is 1.79 bits per heavy atom. The number of ether oxygens (including phenoxy) is 2. The Hall–Kier alpha value is -2.16. The van der Waals surface area contributed by atoms with Crippen molar-refractivity contribution in [1.82, 2.24) is 0 Å². The van der Waals surface area contributed by atoms with Gasteiger partial charge in [-0.1, -0.05) is 30.3 Å². The minimum atomic E-state index is 0.531. The van der Waals surface area contributed by atoms with E-state index in [1.807, 2.05) is 56.4 Å². The van der Waals surface area contributed by atoms with Crippen LogP contribution < -0.4 is 14.8 Å². The van der Waals surface area contributed by atoms with E-state index in [1.54, 1.807) is 7.11 Å². The molecule has 3 heteroatoms. The van der Waals surface area contributed by atoms with Crippen LogP contribution in [0.1, 0.15) is 11.1 Å². The van der Waals surface area contributed by atoms with E-state index in [4.69, 9.17) is 9.47 Å². The van der Waals surface area contributed by atoms with E-state index in [1.165, 1.54) is 0 Å². The molecule has 0 unspecified atom stereocenters. The van der Waals surface area contributed by atoms with E-state index in [0.717, 1.165) is 28.3 Å². The van der Waals surface area contributed by atoms with Gasteiger partial charge in [-0.05, 0) is 24.1 Å². The molecule has 0 saturated carbocycles. The van der Waals surface area contributed by atoms with Gasteiger partial charge in [0.2, 0.25) is 0 Å². The lowest BCUT2D eigenvalue weighted by Gasteiger charge is -2.14. The van der Waals surface area contributed by atoms with Crippen LogP contribution in [0, 0.1) is 6.92 Å². The Balaban J connectivity index is 2.19. The first-order valence-corrected chi connectivity index (χ1v) is 6.27. The molecule has 2 rings (SSSR count). The third-order valence-corrected chi connectivity index (χ3v) is 3.02. The smallest absolute Gasteiger partial charge is 0.163 e. The summed E-state index contributed by atoms with van der Waals surface area (Å²) in [7, 11) is 3.55. The van der Waals surface area contributed by atoms with Crippen molar-refractivity contribution in [3.8, 4) is 11.5 Å². The van der Waals surface area contributed by atoms with Crippen molar-refractivity contribution in [1.29, 1.82) is 0 Å². The van der Waals surface area contributed by atoms with E-state index in [-0.39, 0.29) is 0 Å². The second-order valence-electron chi connectivity index (χ2n) is 4.34. The van der Waals surface area contributed by atoms with E-state index in [0.29, 0.717) is 6.61 Å². The topological polar surface area (TPSA) is 30.5 Å². The van der Waals surface area contributed by atoms with Gasteiger partial charge in [-0.15, -0.1) is 0 Å². The number of methoxy groups -OCH3 is 1. The van der Waals surface area contributed by atoms with Crippen molar-refractivity contribution in [2.75, 3.05) is 19.5 Å². The van der Waals surface area contributed by atoms with E-state index in [9.17, 15) is 0 Å². The molecule has 0 atom stereocenters. The highest BCUT2D eigenvalue weighted by atomic mass is 16.5. The van der Waals surface area contributed by atoms with Crippen LogP contribution in [0.5, 0.6) is 11.5 Å². The first-order valence-electron chi connectivity index (χ1n) is 6.27. The van der Waals surface area contributed by atoms with Crippen LogP contribution >= 0.6 is 0 Å². The van der Waals surface area contributed by atoms with Crippen LogP contribution in [0.25, 0.3) is 0 Å². The lowest BCUT2D eigenvalue weighted by atomic mass is 10.1. The fraction of sp³-hybridized carbons (Fsp3) is 0.250. The quantitative estimate of drug-likeness (QED) is 0.887. The van der Waals surface area contributed by atoms with Crippen LogP contribution in [0.2, 0.25) is 0 Å². The monoisotopic (exact) mass is 257 g/mol. The number of hydrogen-bond donors (Lipinski definition) is 1. The molecule has 1 N–H and O–H groups in total. The van der Waals surface area contributed by atoms with Crippen molar-refractivity contribution in [3.05, 3.63) is 53.6 Å². The summed E-state index contributed by atoms with van der Waals surface area (Å²) >= 11 is 0. The predicted molar refractivity (Wildman–Crippen MR) is 78.1 cm³/mol. The van der Waals surface area contributed by atoms with Gasteiger partial charge in [0.05, 0.1) is 7.11 Å². The fourth-order valence-corrected chi connectivity index (χ4v) is 1.94. The Kier molecular flexibility index (Phi) is 4.29. The molecule has 2 aromatic rings. The van der Waals surface area contributed by atoms with Gasteiger partial charge in [-0.25, -0.2) is 0 Å². The molecule has 0 saturated heterocycles. The molecule has 19 heavy (non-hydrogen) atoms. The molecule has 0 aliphatic heterocycles. The van der Waals surface area contributed by atoms with Crippen LogP contribution in [-0.4, -0.2) is 14.2 Å². The van der Waals surface area contributed by atoms with E-state index < -0.39 is 0 Å². The highest BCUT2D eigenvalue weighted by Gasteiger charge is 2.08. The first kappa shape index (κ1) is 13.3. The molecule has 0 amide bonds. The first-order chi connectivity index (χ1) is 9.24. The number of hydrogen-bond acceptors (Lipinski definition) is 3. The van der Waals surface area contributed by atoms with Crippen molar-refractivity contribution in [2.24, 2.45) is 0 Å². The third kappa shape index (κ3) is 3.19. The minimum absolute atomic E-state index is 0.531. The van der Waals surface area contributed by atoms with Gasteiger partial charge in [0.15, 0.2) is 11.5 Å². The molecule has 0 aliphatic rings. The molecular formula is C16H19NO2. The largest absolute Gasteiger partial charge is 0.493 e. The summed E-state index contributed by atoms with van der Waals surface area (Å²) in [5, 5.41) is 3.15. The molecule has 2 aromatic carbocycles. The maximum Gasteiger partial charge on any atom is 0.163 e. The molecule has 0 bridgehead atoms. The Morgan fingerprint density at radius 3 is 2.42 bits per heavy atom. The predicted octanol–water partition coefficient (Wildman–Crippen LogP) is 3.62. The number of nitrogens with one attached hydrogen (secondary N) is 1. The lowest BCUT2D eigenvalue weighted by Crippen LogP contribution is -2.00. The summed E-state index contributed by atoms with van der Waals surface area (Å²) in [5.74, 6) is 1.51. The van der Waals surface area contributed by atoms with Gasteiger partial charge < -0.3 is 14.8 Å². The molecule has 100 valence electrons. The zero-order valence-corrected chi connectivity index (χ0v) is 11.6. The van der Waals surface area contributed by atoms with Gasteiger partial charge >= 0.3 is 0 Å². The van der Waals surface area contributed by atoms with Crippen LogP contribution in [-0.2, 0) is 6.61 Å². The fourth-order valence-electron chi connectivity index (χ4n) is 1.94. The standard InChI is InChI=1S/C16H19NO2/c1-12-9-15(18-3)16(10-14(12)17-2)19-11-13-7-5-4-6-8-13/h4-10,17H,11H2,1-3H3. The number of rotatable bonds is 5. The third-order valence-electron chi connectivity index (χ3n) is 3.02. The molecule has 0 spiro atoms. The normalized spacial score (nSPS) is 10.1. The van der Waals surface area contributed by atoms with Gasteiger partial charge in [0.1, 0.15) is 6.61 Å². The SMILES string of the molecule is CNc1cc(OCc2ccccc2)c(OC)cc1C. The van der Waals surface area contributed by atoms with Crippen molar-refractivity contribution < 1.29 is 9.47 Å². The van der Waals surface area contributed by atoms with Crippen molar-refractivity contribution in [3.63, 3.8) is 0 Å². The zero-order chi connectivity index (χ0) is 13.7. The minimum Gasteiger partial charge on any atom is -0.493 e. The lowest BCUT2D eigenvalue weighted by molar-refractivity contribution is 0.284. The van der Waals surface area contributed by atoms with Gasteiger partial charge in [-0.3, -0.25) is 0 Å². The number of anilines is 1. The summed E-state index contributed by atoms with van der Waals surface area (Å²) in [5.41, 5.74) is 3.31. The summed E-state index contributed by atoms with van der Waals surface area (Å²) in [6, 6.07) is 14.0. The number of benzene rings is 2. The maximum absolute atomic E-state index is 5.85. The molecule has 0 aromatic heterocycles. The molecule has 0 aliphatic carbocycles. The van der Waals surface area contributed by atoms with E-state index in [2.05, 4.69) is 5.32 Å². The second-order valence-corrected chi connectivity index (χ2v) is 4.34. The highest BCUT2D eigenvalue weighted by Crippen LogP contribution is 2.33. The Labute approximate surface area is 114 Å². The average molecular weight is 257 g/mol. The summed E-state index contributed by atoms with van der Waals surface area (Å²) < 4.78 is 11.2. The van der Waals surface area contributed by atoms with Crippen LogP contribution in [0.15, 0.2) is 42.5 Å². The Bertz CT molecular complexity index is 538. The summed E-state index contributed by atoms with van der Waals surface area (Å²) in [6.07, 6.45) is 0. The van der Waals surface area contributed by atoms with Gasteiger partial charge in [0.25, 0.3) is 0 Å². The highest BCUT2D eigenvalue weighted by molar-refractivity contribution is 5.59. The second kappa shape index (κ2) is 6.14. The molecule has 0 fully saturated rings. The van der Waals surface area contributed by atoms with Crippen LogP contribution in [0.4, 0.5) is 5.69 Å². The summed E-state index contributed by atoms with van der Waals surface area (Å²) in [4.78, 5) is 0. The van der Waals surface area contributed by atoms with Crippen LogP contribution in [0.3, 0.4) is 0 Å². The average Bonchev–Trinajstić information content (AvgIpc) is 2.46. The van der Waals surface area contributed by atoms with Gasteiger partial charge in [0, 0.05) is 18.8 Å². The number of aryl methyl sites for hydroxylation is 1. The van der Waals surface area contributed by atoms with Crippen molar-refractivity contribution in [2.45, 2.75) is 13.5 Å². The summed E-state index contributed by atoms with van der Waals surface area (Å²) in [6.45, 7) is 2.57. The molecule has 3 nitrogen and oxygen atoms in total. The van der Waals surface area contributed by atoms with Gasteiger partial charge in [-0.2, -0.15) is 0 Å². The zero-order valence-electron chi connectivity index (χ0n) is 11.6. The maximum atomic E-state index is 5.85.